The Bertz CT molecular complexity index is 537. The van der Waals surface area contributed by atoms with Gasteiger partial charge < -0.3 is 10.1 Å². The van der Waals surface area contributed by atoms with Crippen LogP contribution in [0.5, 0.6) is 0 Å². The van der Waals surface area contributed by atoms with Gasteiger partial charge in [-0.05, 0) is 31.3 Å². The van der Waals surface area contributed by atoms with Gasteiger partial charge in [0.1, 0.15) is 6.29 Å². The fraction of sp³-hybridized carbons (Fsp3) is 0.800. The Kier molecular flexibility index (Phi) is 3.57. The van der Waals surface area contributed by atoms with Crippen LogP contribution >= 0.6 is 0 Å². The second kappa shape index (κ2) is 5.37. The normalized spacial score (nSPS) is 40.9. The molecule has 4 aliphatic rings. The number of nitrogens with zero attached hydrogens (tertiary/aromatic N) is 1. The van der Waals surface area contributed by atoms with Crippen LogP contribution < -0.4 is 10.6 Å². The van der Waals surface area contributed by atoms with Gasteiger partial charge in [-0.15, -0.1) is 0 Å². The molecule has 1 saturated carbocycles. The van der Waals surface area contributed by atoms with E-state index in [2.05, 4.69) is 10.6 Å². The van der Waals surface area contributed by atoms with Gasteiger partial charge in [-0.25, -0.2) is 4.90 Å². The molecule has 2 N–H and O–H groups in total. The Morgan fingerprint density at radius 1 is 1.26 bits per heavy atom. The Morgan fingerprint density at radius 2 is 2.09 bits per heavy atom. The average molecular weight is 331 g/mol. The summed E-state index contributed by atoms with van der Waals surface area (Å²) >= 11 is 0. The Balaban J connectivity index is 1.60. The molecule has 2 saturated heterocycles. The van der Waals surface area contributed by atoms with Crippen LogP contribution in [0.15, 0.2) is 11.8 Å². The third-order valence-corrected chi connectivity index (χ3v) is 5.47. The van der Waals surface area contributed by atoms with Crippen LogP contribution in [-0.4, -0.2) is 48.0 Å². The number of halogens is 3. The quantitative estimate of drug-likeness (QED) is 0.764. The predicted octanol–water partition coefficient (Wildman–Crippen LogP) is 1.47. The molecule has 8 heteroatoms. The van der Waals surface area contributed by atoms with Crippen molar-refractivity contribution in [1.82, 2.24) is 15.5 Å². The number of fused-ring (bicyclic) bond motifs is 3. The summed E-state index contributed by atoms with van der Waals surface area (Å²) in [4.78, 5) is 13.1. The molecule has 128 valence electrons. The molecule has 0 bridgehead atoms. The van der Waals surface area contributed by atoms with Crippen LogP contribution in [0.3, 0.4) is 0 Å². The van der Waals surface area contributed by atoms with Gasteiger partial charge in [0.25, 0.3) is 0 Å². The van der Waals surface area contributed by atoms with E-state index in [1.54, 1.807) is 6.26 Å². The van der Waals surface area contributed by atoms with Crippen molar-refractivity contribution in [3.05, 3.63) is 11.8 Å². The van der Waals surface area contributed by atoms with Crippen molar-refractivity contribution < 1.29 is 22.7 Å². The van der Waals surface area contributed by atoms with Crippen LogP contribution in [0.4, 0.5) is 13.2 Å². The van der Waals surface area contributed by atoms with Crippen LogP contribution in [-0.2, 0) is 9.53 Å². The van der Waals surface area contributed by atoms with E-state index in [0.29, 0.717) is 13.0 Å². The first-order valence-corrected chi connectivity index (χ1v) is 8.18. The van der Waals surface area contributed by atoms with Gasteiger partial charge in [0.15, 0.2) is 6.04 Å². The first kappa shape index (κ1) is 15.3. The molecule has 0 aromatic carbocycles. The lowest BCUT2D eigenvalue weighted by Crippen LogP contribution is -2.53. The first-order chi connectivity index (χ1) is 11.0. The van der Waals surface area contributed by atoms with Crippen LogP contribution in [0.25, 0.3) is 0 Å². The summed E-state index contributed by atoms with van der Waals surface area (Å²) in [5.74, 6) is -0.763. The minimum Gasteiger partial charge on any atom is -0.501 e. The molecule has 5 nitrogen and oxygen atoms in total. The molecule has 3 fully saturated rings. The Labute approximate surface area is 132 Å². The van der Waals surface area contributed by atoms with E-state index in [4.69, 9.17) is 4.74 Å². The zero-order valence-electron chi connectivity index (χ0n) is 12.6. The molecule has 0 spiro atoms. The molecule has 23 heavy (non-hydrogen) atoms. The lowest BCUT2D eigenvalue weighted by molar-refractivity contribution is -0.185. The summed E-state index contributed by atoms with van der Waals surface area (Å²) in [5, 5.41) is 5.69. The summed E-state index contributed by atoms with van der Waals surface area (Å²) in [6.07, 6.45) is 0.929. The van der Waals surface area contributed by atoms with E-state index in [9.17, 15) is 18.0 Å². The summed E-state index contributed by atoms with van der Waals surface area (Å²) in [7, 11) is 0. The number of nitrogens with one attached hydrogen (secondary N) is 2. The molecular weight excluding hydrogens is 311 g/mol. The number of carbonyl (C=O) groups excluding carboxylic acids is 1. The largest absolute Gasteiger partial charge is 0.501 e. The maximum atomic E-state index is 13.3. The highest BCUT2D eigenvalue weighted by Gasteiger charge is 2.62. The molecular formula is C15H20F3N3O2. The fourth-order valence-corrected chi connectivity index (χ4v) is 4.59. The lowest BCUT2D eigenvalue weighted by Gasteiger charge is -2.39. The zero-order valence-corrected chi connectivity index (χ0v) is 12.6. The molecule has 3 aliphatic heterocycles. The minimum absolute atomic E-state index is 0.0628. The van der Waals surface area contributed by atoms with Crippen molar-refractivity contribution in [3.8, 4) is 0 Å². The molecule has 5 atom stereocenters. The summed E-state index contributed by atoms with van der Waals surface area (Å²) in [5.41, 5.74) is 1.19. The molecule has 5 unspecified atom stereocenters. The maximum absolute atomic E-state index is 13.3. The third kappa shape index (κ3) is 2.42. The number of amides is 1. The van der Waals surface area contributed by atoms with E-state index in [1.807, 2.05) is 0 Å². The van der Waals surface area contributed by atoms with Gasteiger partial charge in [-0.2, -0.15) is 13.2 Å². The second-order valence-electron chi connectivity index (χ2n) is 6.77. The summed E-state index contributed by atoms with van der Waals surface area (Å²) < 4.78 is 45.3. The highest BCUT2D eigenvalue weighted by molar-refractivity contribution is 5.85. The molecule has 0 radical (unpaired) electrons. The zero-order chi connectivity index (χ0) is 16.2. The molecule has 4 rings (SSSR count). The number of ether oxygens (including phenoxy) is 1. The lowest BCUT2D eigenvalue weighted by atomic mass is 9.76. The van der Waals surface area contributed by atoms with E-state index >= 15 is 0 Å². The van der Waals surface area contributed by atoms with Crippen molar-refractivity contribution in [2.45, 2.75) is 62.7 Å². The van der Waals surface area contributed by atoms with Crippen LogP contribution in [0, 0.1) is 5.92 Å². The molecule has 1 aliphatic carbocycles. The monoisotopic (exact) mass is 331 g/mol. The van der Waals surface area contributed by atoms with Gasteiger partial charge in [0.05, 0.1) is 12.9 Å². The van der Waals surface area contributed by atoms with Crippen molar-refractivity contribution in [3.63, 3.8) is 0 Å². The van der Waals surface area contributed by atoms with Gasteiger partial charge in [0.2, 0.25) is 5.91 Å². The molecule has 1 amide bonds. The maximum Gasteiger partial charge on any atom is 0.413 e. The van der Waals surface area contributed by atoms with Crippen LogP contribution in [0.1, 0.15) is 32.1 Å². The molecule has 0 aromatic heterocycles. The number of alkyl halides is 3. The topological polar surface area (TPSA) is 53.6 Å². The fourth-order valence-electron chi connectivity index (χ4n) is 4.59. The van der Waals surface area contributed by atoms with Gasteiger partial charge in [-0.1, -0.05) is 6.42 Å². The Morgan fingerprint density at radius 3 is 2.78 bits per heavy atom. The van der Waals surface area contributed by atoms with E-state index in [0.717, 1.165) is 25.7 Å². The van der Waals surface area contributed by atoms with Gasteiger partial charge >= 0.3 is 6.18 Å². The highest BCUT2D eigenvalue weighted by Crippen LogP contribution is 2.43. The van der Waals surface area contributed by atoms with Gasteiger partial charge in [-0.3, -0.25) is 10.1 Å². The van der Waals surface area contributed by atoms with Crippen molar-refractivity contribution in [2.24, 2.45) is 5.92 Å². The molecule has 3 heterocycles. The average Bonchev–Trinajstić information content (AvgIpc) is 3.01. The van der Waals surface area contributed by atoms with E-state index < -0.39 is 24.4 Å². The Hall–Kier alpha value is -1.28. The standard InChI is InChI=1S/C15H20F3N3O2/c16-15(17,18)12-13(22)20-14-19-11-9(8-3-2-6-23-7-8)4-1-5-10(11)21(12)14/h7,9-12,14,19H,1-6H2,(H,20,22). The smallest absolute Gasteiger partial charge is 0.413 e. The minimum atomic E-state index is -4.55. The first-order valence-electron chi connectivity index (χ1n) is 8.18. The highest BCUT2D eigenvalue weighted by atomic mass is 19.4. The van der Waals surface area contributed by atoms with E-state index in [-0.39, 0.29) is 18.0 Å². The van der Waals surface area contributed by atoms with Gasteiger partial charge in [0, 0.05) is 18.0 Å². The van der Waals surface area contributed by atoms with Crippen molar-refractivity contribution in [2.75, 3.05) is 6.61 Å². The van der Waals surface area contributed by atoms with Crippen molar-refractivity contribution >= 4 is 5.91 Å². The third-order valence-electron chi connectivity index (χ3n) is 5.47. The molecule has 0 aromatic rings. The summed E-state index contributed by atoms with van der Waals surface area (Å²) in [6.45, 7) is 0.707. The second-order valence-corrected chi connectivity index (χ2v) is 6.77. The van der Waals surface area contributed by atoms with Crippen LogP contribution in [0.2, 0.25) is 0 Å². The predicted molar refractivity (Wildman–Crippen MR) is 74.9 cm³/mol. The number of hydrogen-bond donors (Lipinski definition) is 2. The number of rotatable bonds is 1. The number of carbonyl (C=O) groups is 1. The van der Waals surface area contributed by atoms with E-state index in [1.165, 1.54) is 10.5 Å². The SMILES string of the molecule is O=C1NC2NC3C(C4=COCCC4)CCCC3N2C1C(F)(F)F. The summed E-state index contributed by atoms with van der Waals surface area (Å²) in [6, 6.07) is -2.37. The number of hydrogen-bond acceptors (Lipinski definition) is 4. The van der Waals surface area contributed by atoms with Crippen molar-refractivity contribution in [1.29, 1.82) is 0 Å².